The molecule has 3 aromatic heterocycles. The van der Waals surface area contributed by atoms with Gasteiger partial charge in [0.25, 0.3) is 5.56 Å². The molecule has 11 nitrogen and oxygen atoms in total. The number of aryl methyl sites for hydroxylation is 1. The summed E-state index contributed by atoms with van der Waals surface area (Å²) in [5, 5.41) is 10.3. The van der Waals surface area contributed by atoms with E-state index in [2.05, 4.69) is 4.98 Å². The van der Waals surface area contributed by atoms with Gasteiger partial charge in [0.2, 0.25) is 5.89 Å². The van der Waals surface area contributed by atoms with Gasteiger partial charge in [-0.15, -0.1) is 11.3 Å². The number of aromatic nitrogens is 3. The molecule has 4 aromatic rings. The van der Waals surface area contributed by atoms with Gasteiger partial charge in [-0.3, -0.25) is 9.36 Å². The van der Waals surface area contributed by atoms with Crippen molar-refractivity contribution in [2.75, 3.05) is 19.8 Å². The molecule has 1 unspecified atom stereocenters. The van der Waals surface area contributed by atoms with E-state index in [-0.39, 0.29) is 18.0 Å². The van der Waals surface area contributed by atoms with Crippen molar-refractivity contribution >= 4 is 27.5 Å². The fourth-order valence-corrected chi connectivity index (χ4v) is 6.80. The van der Waals surface area contributed by atoms with Crippen LogP contribution in [0.15, 0.2) is 44.7 Å². The Kier molecular flexibility index (Phi) is 7.08. The van der Waals surface area contributed by atoms with Crippen molar-refractivity contribution < 1.29 is 28.5 Å². The van der Waals surface area contributed by atoms with E-state index >= 15 is 0 Å². The molecular weight excluding hydrogens is 550 g/mol. The smallest absolute Gasteiger partial charge is 0.333 e. The number of para-hydroxylation sites is 1. The topological polar surface area (TPSA) is 135 Å². The minimum atomic E-state index is -1.81. The quantitative estimate of drug-likeness (QED) is 0.329. The summed E-state index contributed by atoms with van der Waals surface area (Å²) in [5.74, 6) is -0.237. The first-order valence-electron chi connectivity index (χ1n) is 13.6. The minimum Gasteiger partial charge on any atom is -0.493 e. The van der Waals surface area contributed by atoms with Crippen LogP contribution in [0.25, 0.3) is 21.0 Å². The van der Waals surface area contributed by atoms with Crippen LogP contribution in [0.2, 0.25) is 0 Å². The van der Waals surface area contributed by atoms with E-state index < -0.39 is 28.9 Å². The standard InChI is InChI=1S/C29H31N3O8S/c1-16-21-25(33)32(29(2,3)27(34)35)28(36)31(26(21)41-23(16)24-30-10-14-39-24)15-20(40-18-8-11-37-12-9-18)19-6-4-5-17-7-13-38-22(17)19/h4-6,10,14,18,20H,7-9,11-13,15H2,1-3H3,(H,34,35). The maximum Gasteiger partial charge on any atom is 0.333 e. The SMILES string of the molecule is Cc1c(-c2ncco2)sc2c1c(=O)n(C(C)(C)C(=O)O)c(=O)n2CC(OC1CCOCC1)c1cccc2c1OCC2. The summed E-state index contributed by atoms with van der Waals surface area (Å²) >= 11 is 1.21. The first-order valence-corrected chi connectivity index (χ1v) is 14.4. The van der Waals surface area contributed by atoms with Crippen LogP contribution in [0, 0.1) is 6.92 Å². The minimum absolute atomic E-state index is 0.0352. The number of oxazole rings is 1. The van der Waals surface area contributed by atoms with Crippen LogP contribution in [0.4, 0.5) is 0 Å². The average molecular weight is 582 g/mol. The summed E-state index contributed by atoms with van der Waals surface area (Å²) in [6.07, 6.45) is 4.41. The molecule has 0 spiro atoms. The van der Waals surface area contributed by atoms with Crippen molar-refractivity contribution in [2.24, 2.45) is 0 Å². The number of thiophene rings is 1. The summed E-state index contributed by atoms with van der Waals surface area (Å²) in [7, 11) is 0. The van der Waals surface area contributed by atoms with E-state index in [9.17, 15) is 19.5 Å². The van der Waals surface area contributed by atoms with Gasteiger partial charge in [-0.1, -0.05) is 18.2 Å². The lowest BCUT2D eigenvalue weighted by Gasteiger charge is -2.30. The molecule has 0 saturated carbocycles. The lowest BCUT2D eigenvalue weighted by atomic mass is 10.0. The molecule has 6 rings (SSSR count). The number of carboxylic acid groups (broad SMARTS) is 1. The van der Waals surface area contributed by atoms with Gasteiger partial charge in [0.1, 0.15) is 28.5 Å². The van der Waals surface area contributed by atoms with E-state index in [0.29, 0.717) is 53.8 Å². The molecule has 1 aromatic carbocycles. The molecular formula is C29H31N3O8S. The molecule has 216 valence electrons. The number of hydrogen-bond donors (Lipinski definition) is 1. The molecule has 1 N–H and O–H groups in total. The van der Waals surface area contributed by atoms with Gasteiger partial charge in [0.05, 0.1) is 35.7 Å². The second-order valence-electron chi connectivity index (χ2n) is 10.8. The molecule has 1 atom stereocenters. The van der Waals surface area contributed by atoms with Crippen LogP contribution in [0.3, 0.4) is 0 Å². The Morgan fingerprint density at radius 2 is 2.02 bits per heavy atom. The van der Waals surface area contributed by atoms with Gasteiger partial charge in [0, 0.05) is 25.2 Å². The summed E-state index contributed by atoms with van der Waals surface area (Å²) in [6, 6.07) is 5.90. The van der Waals surface area contributed by atoms with Crippen LogP contribution in [-0.4, -0.2) is 51.1 Å². The van der Waals surface area contributed by atoms with Crippen molar-refractivity contribution in [3.63, 3.8) is 0 Å². The molecule has 0 aliphatic carbocycles. The molecule has 0 amide bonds. The third kappa shape index (κ3) is 4.69. The van der Waals surface area contributed by atoms with Gasteiger partial charge in [-0.05, 0) is 44.7 Å². The molecule has 2 aliphatic heterocycles. The van der Waals surface area contributed by atoms with Gasteiger partial charge >= 0.3 is 11.7 Å². The Labute approximate surface area is 238 Å². The van der Waals surface area contributed by atoms with Gasteiger partial charge in [-0.25, -0.2) is 19.1 Å². The van der Waals surface area contributed by atoms with Crippen molar-refractivity contribution in [1.82, 2.24) is 14.1 Å². The van der Waals surface area contributed by atoms with Gasteiger partial charge in [-0.2, -0.15) is 0 Å². The van der Waals surface area contributed by atoms with Crippen molar-refractivity contribution in [3.8, 4) is 16.5 Å². The summed E-state index contributed by atoms with van der Waals surface area (Å²) in [6.45, 7) is 6.19. The predicted molar refractivity (Wildman–Crippen MR) is 151 cm³/mol. The molecule has 5 heterocycles. The fraction of sp³-hybridized carbons (Fsp3) is 0.448. The van der Waals surface area contributed by atoms with Crippen LogP contribution in [-0.2, 0) is 32.8 Å². The first-order chi connectivity index (χ1) is 19.7. The monoisotopic (exact) mass is 581 g/mol. The fourth-order valence-electron chi connectivity index (χ4n) is 5.55. The Bertz CT molecular complexity index is 1730. The Balaban J connectivity index is 1.58. The highest BCUT2D eigenvalue weighted by atomic mass is 32.1. The molecule has 1 fully saturated rings. The van der Waals surface area contributed by atoms with Gasteiger partial charge < -0.3 is 23.7 Å². The number of nitrogens with zero attached hydrogens (tertiary/aromatic N) is 3. The maximum atomic E-state index is 14.2. The first kappa shape index (κ1) is 27.4. The van der Waals surface area contributed by atoms with E-state index in [1.165, 1.54) is 42.2 Å². The number of rotatable bonds is 8. The molecule has 0 bridgehead atoms. The number of carbonyl (C=O) groups is 1. The van der Waals surface area contributed by atoms with Crippen LogP contribution >= 0.6 is 11.3 Å². The predicted octanol–water partition coefficient (Wildman–Crippen LogP) is 3.88. The van der Waals surface area contributed by atoms with E-state index in [1.54, 1.807) is 6.92 Å². The Hall–Kier alpha value is -3.74. The lowest BCUT2D eigenvalue weighted by Crippen LogP contribution is -2.52. The van der Waals surface area contributed by atoms with Crippen molar-refractivity contribution in [2.45, 2.75) is 64.3 Å². The van der Waals surface area contributed by atoms with E-state index in [4.69, 9.17) is 18.6 Å². The zero-order valence-electron chi connectivity index (χ0n) is 23.0. The zero-order chi connectivity index (χ0) is 28.9. The zero-order valence-corrected chi connectivity index (χ0v) is 23.9. The Morgan fingerprint density at radius 1 is 1.24 bits per heavy atom. The third-order valence-electron chi connectivity index (χ3n) is 7.89. The van der Waals surface area contributed by atoms with E-state index in [0.717, 1.165) is 27.9 Å². The molecule has 41 heavy (non-hydrogen) atoms. The van der Waals surface area contributed by atoms with Crippen molar-refractivity contribution in [1.29, 1.82) is 0 Å². The highest BCUT2D eigenvalue weighted by Gasteiger charge is 2.36. The summed E-state index contributed by atoms with van der Waals surface area (Å²) in [5.41, 5.74) is -0.781. The van der Waals surface area contributed by atoms with Crippen LogP contribution in [0.5, 0.6) is 5.75 Å². The second kappa shape index (κ2) is 10.6. The number of aliphatic carboxylic acids is 1. The molecule has 2 aliphatic rings. The summed E-state index contributed by atoms with van der Waals surface area (Å²) < 4.78 is 26.0. The number of benzene rings is 1. The normalized spacial score (nSPS) is 16.6. The maximum absolute atomic E-state index is 14.2. The Morgan fingerprint density at radius 3 is 2.73 bits per heavy atom. The lowest BCUT2D eigenvalue weighted by molar-refractivity contribution is -0.146. The highest BCUT2D eigenvalue weighted by molar-refractivity contribution is 7.22. The summed E-state index contributed by atoms with van der Waals surface area (Å²) in [4.78, 5) is 45.6. The number of fused-ring (bicyclic) bond motifs is 2. The average Bonchev–Trinajstić information content (AvgIpc) is 3.71. The van der Waals surface area contributed by atoms with Crippen molar-refractivity contribution in [3.05, 3.63) is 68.2 Å². The van der Waals surface area contributed by atoms with Gasteiger partial charge in [0.15, 0.2) is 0 Å². The van der Waals surface area contributed by atoms with Crippen LogP contribution in [0.1, 0.15) is 49.5 Å². The van der Waals surface area contributed by atoms with Crippen LogP contribution < -0.4 is 16.0 Å². The number of hydrogen-bond acceptors (Lipinski definition) is 9. The molecule has 0 radical (unpaired) electrons. The highest BCUT2D eigenvalue weighted by Crippen LogP contribution is 2.39. The number of carboxylic acids is 1. The largest absolute Gasteiger partial charge is 0.493 e. The van der Waals surface area contributed by atoms with E-state index in [1.807, 2.05) is 18.2 Å². The third-order valence-corrected chi connectivity index (χ3v) is 9.19. The second-order valence-corrected chi connectivity index (χ2v) is 11.8. The molecule has 12 heteroatoms. The molecule has 1 saturated heterocycles. The number of ether oxygens (including phenoxy) is 3.